The van der Waals surface area contributed by atoms with Gasteiger partial charge in [-0.15, -0.1) is 0 Å². The van der Waals surface area contributed by atoms with Gasteiger partial charge >= 0.3 is 0 Å². The lowest BCUT2D eigenvalue weighted by atomic mass is 10.0. The fraction of sp³-hybridized carbons (Fsp3) is 0.500. The van der Waals surface area contributed by atoms with E-state index >= 15 is 0 Å². The standard InChI is InChI=1S/C14H19ClN4/c1-6-11-10(7-19(5)18-11)14-16-9(4)12(8(2)3)13(15)17-14/h7-8H,6H2,1-5H3. The molecule has 0 saturated heterocycles. The van der Waals surface area contributed by atoms with Gasteiger partial charge < -0.3 is 0 Å². The lowest BCUT2D eigenvalue weighted by Crippen LogP contribution is -2.02. The van der Waals surface area contributed by atoms with Gasteiger partial charge in [0.2, 0.25) is 0 Å². The number of aryl methyl sites for hydroxylation is 3. The molecule has 0 aliphatic heterocycles. The Balaban J connectivity index is 2.58. The van der Waals surface area contributed by atoms with Crippen LogP contribution in [0.2, 0.25) is 5.15 Å². The van der Waals surface area contributed by atoms with Crippen molar-refractivity contribution in [3.63, 3.8) is 0 Å². The zero-order valence-corrected chi connectivity index (χ0v) is 12.8. The van der Waals surface area contributed by atoms with E-state index in [1.807, 2.05) is 20.2 Å². The van der Waals surface area contributed by atoms with Crippen molar-refractivity contribution in [1.29, 1.82) is 0 Å². The quantitative estimate of drug-likeness (QED) is 0.807. The van der Waals surface area contributed by atoms with E-state index in [-0.39, 0.29) is 0 Å². The highest BCUT2D eigenvalue weighted by Gasteiger charge is 2.17. The SMILES string of the molecule is CCc1nn(C)cc1-c1nc(C)c(C(C)C)c(Cl)n1. The molecule has 0 saturated carbocycles. The fourth-order valence-corrected chi connectivity index (χ4v) is 2.74. The van der Waals surface area contributed by atoms with Crippen molar-refractivity contribution >= 4 is 11.6 Å². The molecule has 2 heterocycles. The molecule has 19 heavy (non-hydrogen) atoms. The van der Waals surface area contributed by atoms with Gasteiger partial charge in [0.25, 0.3) is 0 Å². The molecule has 0 atom stereocenters. The molecule has 0 radical (unpaired) electrons. The van der Waals surface area contributed by atoms with Crippen molar-refractivity contribution in [1.82, 2.24) is 19.7 Å². The summed E-state index contributed by atoms with van der Waals surface area (Å²) in [6.07, 6.45) is 2.79. The summed E-state index contributed by atoms with van der Waals surface area (Å²) in [6, 6.07) is 0. The smallest absolute Gasteiger partial charge is 0.164 e. The highest BCUT2D eigenvalue weighted by Crippen LogP contribution is 2.28. The number of aromatic nitrogens is 4. The Labute approximate surface area is 118 Å². The zero-order valence-electron chi connectivity index (χ0n) is 12.0. The normalized spacial score (nSPS) is 11.3. The Morgan fingerprint density at radius 1 is 1.32 bits per heavy atom. The molecule has 0 aliphatic carbocycles. The summed E-state index contributed by atoms with van der Waals surface area (Å²) >= 11 is 6.30. The predicted molar refractivity (Wildman–Crippen MR) is 77.4 cm³/mol. The number of hydrogen-bond donors (Lipinski definition) is 0. The molecule has 0 spiro atoms. The zero-order chi connectivity index (χ0) is 14.2. The van der Waals surface area contributed by atoms with Gasteiger partial charge in [0.05, 0.1) is 11.3 Å². The van der Waals surface area contributed by atoms with Gasteiger partial charge in [-0.1, -0.05) is 32.4 Å². The summed E-state index contributed by atoms with van der Waals surface area (Å²) < 4.78 is 1.79. The first-order valence-corrected chi connectivity index (χ1v) is 6.88. The van der Waals surface area contributed by atoms with Crippen molar-refractivity contribution in [3.05, 3.63) is 28.3 Å². The second-order valence-electron chi connectivity index (χ2n) is 5.01. The van der Waals surface area contributed by atoms with Gasteiger partial charge in [-0.05, 0) is 19.3 Å². The second kappa shape index (κ2) is 5.29. The topological polar surface area (TPSA) is 43.6 Å². The summed E-state index contributed by atoms with van der Waals surface area (Å²) in [5.41, 5.74) is 3.92. The number of rotatable bonds is 3. The molecule has 0 unspecified atom stereocenters. The molecule has 102 valence electrons. The maximum absolute atomic E-state index is 6.30. The van der Waals surface area contributed by atoms with E-state index in [2.05, 4.69) is 35.8 Å². The first-order valence-electron chi connectivity index (χ1n) is 6.51. The molecule has 0 N–H and O–H groups in total. The monoisotopic (exact) mass is 278 g/mol. The highest BCUT2D eigenvalue weighted by atomic mass is 35.5. The average molecular weight is 279 g/mol. The molecule has 0 aliphatic rings. The van der Waals surface area contributed by atoms with Crippen LogP contribution in [0.1, 0.15) is 43.6 Å². The Hall–Kier alpha value is -1.42. The van der Waals surface area contributed by atoms with E-state index in [1.54, 1.807) is 4.68 Å². The first-order chi connectivity index (χ1) is 8.93. The third-order valence-corrected chi connectivity index (χ3v) is 3.44. The van der Waals surface area contributed by atoms with E-state index in [0.29, 0.717) is 16.9 Å². The minimum absolute atomic E-state index is 0.320. The van der Waals surface area contributed by atoms with Crippen LogP contribution in [0.3, 0.4) is 0 Å². The van der Waals surface area contributed by atoms with Gasteiger partial charge in [-0.3, -0.25) is 4.68 Å². The average Bonchev–Trinajstić information content (AvgIpc) is 2.69. The predicted octanol–water partition coefficient (Wildman–Crippen LogP) is 3.52. The van der Waals surface area contributed by atoms with Crippen LogP contribution < -0.4 is 0 Å². The second-order valence-corrected chi connectivity index (χ2v) is 5.37. The van der Waals surface area contributed by atoms with E-state index in [9.17, 15) is 0 Å². The van der Waals surface area contributed by atoms with E-state index < -0.39 is 0 Å². The Morgan fingerprint density at radius 3 is 2.53 bits per heavy atom. The van der Waals surface area contributed by atoms with E-state index in [4.69, 9.17) is 11.6 Å². The molecule has 5 heteroatoms. The van der Waals surface area contributed by atoms with Crippen LogP contribution in [0.5, 0.6) is 0 Å². The van der Waals surface area contributed by atoms with Crippen LogP contribution in [-0.4, -0.2) is 19.7 Å². The Kier molecular flexibility index (Phi) is 3.90. The summed E-state index contributed by atoms with van der Waals surface area (Å²) in [7, 11) is 1.90. The Bertz CT molecular complexity index is 578. The maximum Gasteiger partial charge on any atom is 0.164 e. The van der Waals surface area contributed by atoms with Crippen molar-refractivity contribution in [2.45, 2.75) is 40.0 Å². The largest absolute Gasteiger partial charge is 0.275 e. The molecular formula is C14H19ClN4. The summed E-state index contributed by atoms with van der Waals surface area (Å²) in [5.74, 6) is 0.984. The number of halogens is 1. The van der Waals surface area contributed by atoms with Crippen molar-refractivity contribution in [3.8, 4) is 11.4 Å². The third-order valence-electron chi connectivity index (χ3n) is 3.15. The van der Waals surface area contributed by atoms with Gasteiger partial charge in [0, 0.05) is 24.5 Å². The molecule has 4 nitrogen and oxygen atoms in total. The van der Waals surface area contributed by atoms with Gasteiger partial charge in [-0.2, -0.15) is 5.10 Å². The fourth-order valence-electron chi connectivity index (χ4n) is 2.31. The highest BCUT2D eigenvalue weighted by molar-refractivity contribution is 6.30. The van der Waals surface area contributed by atoms with Crippen LogP contribution in [0.25, 0.3) is 11.4 Å². The number of nitrogens with zero attached hydrogens (tertiary/aromatic N) is 4. The molecule has 0 fully saturated rings. The van der Waals surface area contributed by atoms with Crippen molar-refractivity contribution in [2.24, 2.45) is 7.05 Å². The minimum atomic E-state index is 0.320. The molecular weight excluding hydrogens is 260 g/mol. The number of hydrogen-bond acceptors (Lipinski definition) is 3. The summed E-state index contributed by atoms with van der Waals surface area (Å²) in [6.45, 7) is 8.24. The summed E-state index contributed by atoms with van der Waals surface area (Å²) in [4.78, 5) is 9.05. The molecule has 0 aromatic carbocycles. The van der Waals surface area contributed by atoms with Crippen molar-refractivity contribution < 1.29 is 0 Å². The first kappa shape index (κ1) is 14.0. The van der Waals surface area contributed by atoms with E-state index in [1.165, 1.54) is 0 Å². The van der Waals surface area contributed by atoms with Crippen LogP contribution in [0.15, 0.2) is 6.20 Å². The van der Waals surface area contributed by atoms with Crippen LogP contribution >= 0.6 is 11.6 Å². The van der Waals surface area contributed by atoms with Crippen LogP contribution in [0, 0.1) is 6.92 Å². The van der Waals surface area contributed by atoms with Crippen LogP contribution in [0.4, 0.5) is 0 Å². The van der Waals surface area contributed by atoms with Gasteiger partial charge in [0.15, 0.2) is 5.82 Å². The van der Waals surface area contributed by atoms with Crippen molar-refractivity contribution in [2.75, 3.05) is 0 Å². The molecule has 2 aromatic rings. The summed E-state index contributed by atoms with van der Waals surface area (Å²) in [5, 5.41) is 4.96. The van der Waals surface area contributed by atoms with Crippen LogP contribution in [-0.2, 0) is 13.5 Å². The lowest BCUT2D eigenvalue weighted by Gasteiger charge is -2.12. The molecule has 2 rings (SSSR count). The Morgan fingerprint density at radius 2 is 2.00 bits per heavy atom. The maximum atomic E-state index is 6.30. The molecule has 0 bridgehead atoms. The lowest BCUT2D eigenvalue weighted by molar-refractivity contribution is 0.746. The van der Waals surface area contributed by atoms with Gasteiger partial charge in [0.1, 0.15) is 5.15 Å². The minimum Gasteiger partial charge on any atom is -0.275 e. The van der Waals surface area contributed by atoms with Gasteiger partial charge in [-0.25, -0.2) is 9.97 Å². The molecule has 0 amide bonds. The molecule has 2 aromatic heterocycles. The van der Waals surface area contributed by atoms with E-state index in [0.717, 1.165) is 28.9 Å². The third kappa shape index (κ3) is 2.63.